The Balaban J connectivity index is 1.14. The minimum atomic E-state index is -2.94. The fourth-order valence-electron chi connectivity index (χ4n) is 6.56. The van der Waals surface area contributed by atoms with Crippen LogP contribution in [0, 0.1) is 0 Å². The highest BCUT2D eigenvalue weighted by atomic mass is 35.5. The molecule has 1 fully saturated rings. The minimum absolute atomic E-state index is 0.0396. The molecule has 13 nitrogen and oxygen atoms in total. The van der Waals surface area contributed by atoms with Crippen molar-refractivity contribution in [3.05, 3.63) is 87.5 Å². The van der Waals surface area contributed by atoms with E-state index in [0.717, 1.165) is 17.7 Å². The van der Waals surface area contributed by atoms with Crippen LogP contribution in [0.5, 0.6) is 0 Å². The van der Waals surface area contributed by atoms with Crippen molar-refractivity contribution in [1.29, 1.82) is 0 Å². The number of hydrogen-bond donors (Lipinski definition) is 5. The van der Waals surface area contributed by atoms with E-state index in [1.165, 1.54) is 0 Å². The molecule has 0 spiro atoms. The van der Waals surface area contributed by atoms with Crippen LogP contribution < -0.4 is 16.0 Å². The fraction of sp³-hybridized carbons (Fsp3) is 0.314. The maximum atomic E-state index is 14.0. The van der Waals surface area contributed by atoms with Gasteiger partial charge in [-0.15, -0.1) is 0 Å². The summed E-state index contributed by atoms with van der Waals surface area (Å²) in [5.41, 5.74) is 3.77. The van der Waals surface area contributed by atoms with E-state index < -0.39 is 30.2 Å². The number of fused-ring (bicyclic) bond motifs is 2. The van der Waals surface area contributed by atoms with Gasteiger partial charge in [0.15, 0.2) is 17.3 Å². The van der Waals surface area contributed by atoms with Gasteiger partial charge in [-0.25, -0.2) is 18.7 Å². The van der Waals surface area contributed by atoms with Crippen LogP contribution in [-0.4, -0.2) is 77.5 Å². The standard InChI is InChI=1S/C35H33Cl2F2N9O4/c36-29-20(21-5-2-7-24(30(21)37)44-35(52)26-13-27-22(40-15-28(50)51)8-3-10-48(27)46-26)4-1-6-23(29)42-33-31-25(43-34(45-33)32(38)39)12-18(14-41-31)16-47-11-9-19(49)17-47/h1-2,4-7,12-14,19,22,32,40,49H,3,8-11,15-17H2,(H,44,52)(H,50,51)(H,42,43,45)/t19-,22+/m1/s1. The first-order valence-electron chi connectivity index (χ1n) is 16.6. The summed E-state index contributed by atoms with van der Waals surface area (Å²) in [6.45, 7) is 2.11. The summed E-state index contributed by atoms with van der Waals surface area (Å²) in [4.78, 5) is 39.1. The van der Waals surface area contributed by atoms with Crippen LogP contribution in [0.4, 0.5) is 26.0 Å². The molecule has 3 aromatic heterocycles. The van der Waals surface area contributed by atoms with Gasteiger partial charge in [-0.2, -0.15) is 5.10 Å². The number of carboxylic acids is 1. The lowest BCUT2D eigenvalue weighted by Crippen LogP contribution is -2.31. The normalized spacial score (nSPS) is 17.4. The number of carboxylic acid groups (broad SMARTS) is 1. The Kier molecular flexibility index (Phi) is 10.3. The van der Waals surface area contributed by atoms with Crippen LogP contribution in [0.2, 0.25) is 10.0 Å². The third kappa shape index (κ3) is 7.54. The number of carbonyl (C=O) groups is 2. The maximum absolute atomic E-state index is 14.0. The SMILES string of the molecule is O=C(O)CN[C@H]1CCCn2nc(C(=O)Nc3cccc(-c4cccc(Nc5nc(C(F)F)nc6cc(CN7CC[C@@H](O)C7)cnc56)c4Cl)c3Cl)cc21. The van der Waals surface area contributed by atoms with Crippen LogP contribution in [0.25, 0.3) is 22.2 Å². The highest BCUT2D eigenvalue weighted by molar-refractivity contribution is 6.39. The number of aliphatic carboxylic acids is 1. The molecule has 1 amide bonds. The molecule has 5 heterocycles. The van der Waals surface area contributed by atoms with Gasteiger partial charge in [0.25, 0.3) is 12.3 Å². The zero-order valence-corrected chi connectivity index (χ0v) is 29.0. The number of likely N-dealkylation sites (tertiary alicyclic amines) is 1. The molecule has 52 heavy (non-hydrogen) atoms. The zero-order chi connectivity index (χ0) is 36.5. The number of amides is 1. The highest BCUT2D eigenvalue weighted by Crippen LogP contribution is 2.41. The summed E-state index contributed by atoms with van der Waals surface area (Å²) in [7, 11) is 0. The molecule has 5 N–H and O–H groups in total. The number of aliphatic hydroxyl groups is 1. The minimum Gasteiger partial charge on any atom is -0.480 e. The molecular formula is C35H33Cl2F2N9O4. The number of pyridine rings is 1. The highest BCUT2D eigenvalue weighted by Gasteiger charge is 2.26. The van der Waals surface area contributed by atoms with Gasteiger partial charge in [0.2, 0.25) is 0 Å². The average Bonchev–Trinajstić information content (AvgIpc) is 3.75. The number of halogens is 4. The van der Waals surface area contributed by atoms with Crippen molar-refractivity contribution in [2.75, 3.05) is 30.3 Å². The van der Waals surface area contributed by atoms with E-state index >= 15 is 0 Å². The van der Waals surface area contributed by atoms with Gasteiger partial charge >= 0.3 is 5.97 Å². The summed E-state index contributed by atoms with van der Waals surface area (Å²) in [5, 5.41) is 32.7. The lowest BCUT2D eigenvalue weighted by atomic mass is 10.0. The Morgan fingerprint density at radius 3 is 2.46 bits per heavy atom. The second-order valence-corrected chi connectivity index (χ2v) is 13.4. The molecule has 0 unspecified atom stereocenters. The second-order valence-electron chi connectivity index (χ2n) is 12.7. The van der Waals surface area contributed by atoms with Crippen LogP contribution >= 0.6 is 23.2 Å². The van der Waals surface area contributed by atoms with E-state index in [1.54, 1.807) is 59.4 Å². The fourth-order valence-corrected chi connectivity index (χ4v) is 7.11. The molecule has 0 radical (unpaired) electrons. The quantitative estimate of drug-likeness (QED) is 0.104. The van der Waals surface area contributed by atoms with Crippen LogP contribution in [-0.2, 0) is 17.9 Å². The van der Waals surface area contributed by atoms with Crippen LogP contribution in [0.1, 0.15) is 59.3 Å². The van der Waals surface area contributed by atoms with Gasteiger partial charge < -0.3 is 20.8 Å². The van der Waals surface area contributed by atoms with Crippen molar-refractivity contribution >= 4 is 63.3 Å². The van der Waals surface area contributed by atoms with Gasteiger partial charge in [-0.05, 0) is 49.1 Å². The van der Waals surface area contributed by atoms with Crippen molar-refractivity contribution < 1.29 is 28.6 Å². The molecule has 2 aliphatic rings. The number of aliphatic hydroxyl groups excluding tert-OH is 1. The lowest BCUT2D eigenvalue weighted by Gasteiger charge is -2.23. The number of anilines is 3. The number of nitrogens with zero attached hydrogens (tertiary/aromatic N) is 6. The Morgan fingerprint density at radius 1 is 1.00 bits per heavy atom. The van der Waals surface area contributed by atoms with Crippen LogP contribution in [0.15, 0.2) is 54.7 Å². The maximum Gasteiger partial charge on any atom is 0.317 e. The van der Waals surface area contributed by atoms with Crippen molar-refractivity contribution in [2.24, 2.45) is 0 Å². The predicted molar refractivity (Wildman–Crippen MR) is 191 cm³/mol. The van der Waals surface area contributed by atoms with Crippen molar-refractivity contribution in [3.8, 4) is 11.1 Å². The molecule has 0 bridgehead atoms. The van der Waals surface area contributed by atoms with Crippen molar-refractivity contribution in [3.63, 3.8) is 0 Å². The van der Waals surface area contributed by atoms with Crippen molar-refractivity contribution in [2.45, 2.75) is 50.9 Å². The first-order valence-corrected chi connectivity index (χ1v) is 17.3. The van der Waals surface area contributed by atoms with Crippen molar-refractivity contribution in [1.82, 2.24) is 34.9 Å². The van der Waals surface area contributed by atoms with Gasteiger partial charge in [0, 0.05) is 49.5 Å². The lowest BCUT2D eigenvalue weighted by molar-refractivity contribution is -0.136. The molecule has 0 aliphatic carbocycles. The van der Waals surface area contributed by atoms with E-state index in [4.69, 9.17) is 28.3 Å². The van der Waals surface area contributed by atoms with Gasteiger partial charge in [-0.3, -0.25) is 29.5 Å². The third-order valence-corrected chi connectivity index (χ3v) is 9.83. The number of benzene rings is 2. The van der Waals surface area contributed by atoms with E-state index in [1.807, 2.05) is 0 Å². The number of rotatable bonds is 11. The smallest absolute Gasteiger partial charge is 0.317 e. The number of aromatic nitrogens is 5. The molecule has 5 aromatic rings. The molecule has 1 saturated heterocycles. The Morgan fingerprint density at radius 2 is 1.75 bits per heavy atom. The topological polar surface area (TPSA) is 170 Å². The zero-order valence-electron chi connectivity index (χ0n) is 27.5. The van der Waals surface area contributed by atoms with Gasteiger partial charge in [0.05, 0.1) is 45.3 Å². The second kappa shape index (κ2) is 15.0. The number of alkyl halides is 2. The number of β-amino-alcohol motifs (C(OH)–C–C–N with tert-alkyl or cyclic N) is 1. The molecule has 17 heteroatoms. The average molecular weight is 753 g/mol. The Bertz CT molecular complexity index is 2170. The van der Waals surface area contributed by atoms with Crippen LogP contribution in [0.3, 0.4) is 0 Å². The number of nitrogens with one attached hydrogen (secondary N) is 3. The molecular weight excluding hydrogens is 719 g/mol. The predicted octanol–water partition coefficient (Wildman–Crippen LogP) is 6.20. The Labute approximate surface area is 306 Å². The van der Waals surface area contributed by atoms with Gasteiger partial charge in [0.1, 0.15) is 5.52 Å². The molecule has 2 aliphatic heterocycles. The summed E-state index contributed by atoms with van der Waals surface area (Å²) in [6.07, 6.45) is 0.455. The molecule has 2 aromatic carbocycles. The number of aryl methyl sites for hydroxylation is 1. The summed E-state index contributed by atoms with van der Waals surface area (Å²) in [6, 6.07) is 13.3. The monoisotopic (exact) mass is 751 g/mol. The largest absolute Gasteiger partial charge is 0.480 e. The Hall–Kier alpha value is -4.80. The molecule has 0 saturated carbocycles. The van der Waals surface area contributed by atoms with E-state index in [2.05, 4.69) is 40.9 Å². The first-order chi connectivity index (χ1) is 25.0. The van der Waals surface area contributed by atoms with E-state index in [-0.39, 0.29) is 45.2 Å². The molecule has 270 valence electrons. The molecule has 7 rings (SSSR count). The van der Waals surface area contributed by atoms with E-state index in [0.29, 0.717) is 61.5 Å². The first kappa shape index (κ1) is 35.6. The third-order valence-electron chi connectivity index (χ3n) is 9.01. The number of carbonyl (C=O) groups excluding carboxylic acids is 1. The summed E-state index contributed by atoms with van der Waals surface area (Å²) >= 11 is 13.8. The number of hydrogen-bond acceptors (Lipinski definition) is 10. The summed E-state index contributed by atoms with van der Waals surface area (Å²) < 4.78 is 29.6. The summed E-state index contributed by atoms with van der Waals surface area (Å²) in [5.74, 6) is -2.11. The van der Waals surface area contributed by atoms with E-state index in [9.17, 15) is 23.5 Å². The molecule has 2 atom stereocenters. The van der Waals surface area contributed by atoms with Gasteiger partial charge in [-0.1, -0.05) is 47.5 Å².